The molecular formula is C24H38N4O4S. The molecule has 9 heteroatoms. The quantitative estimate of drug-likeness (QED) is 0.569. The van der Waals surface area contributed by atoms with Gasteiger partial charge in [0.15, 0.2) is 0 Å². The van der Waals surface area contributed by atoms with E-state index in [1.807, 2.05) is 0 Å². The molecule has 1 heterocycles. The molecule has 2 N–H and O–H groups in total. The number of likely N-dealkylation sites (tertiary alicyclic amines) is 1. The summed E-state index contributed by atoms with van der Waals surface area (Å²) in [5, 5.41) is 6.04. The molecule has 0 unspecified atom stereocenters. The maximum Gasteiger partial charge on any atom is 0.243 e. The molecule has 1 aromatic carbocycles. The van der Waals surface area contributed by atoms with Crippen molar-refractivity contribution in [3.8, 4) is 0 Å². The van der Waals surface area contributed by atoms with Crippen molar-refractivity contribution in [3.63, 3.8) is 0 Å². The van der Waals surface area contributed by atoms with Crippen molar-refractivity contribution >= 4 is 27.5 Å². The maximum absolute atomic E-state index is 12.7. The molecule has 1 aromatic rings. The third-order valence-corrected chi connectivity index (χ3v) is 8.78. The van der Waals surface area contributed by atoms with E-state index in [-0.39, 0.29) is 35.2 Å². The third-order valence-electron chi connectivity index (χ3n) is 6.74. The molecule has 1 saturated heterocycles. The summed E-state index contributed by atoms with van der Waals surface area (Å²) < 4.78 is 26.9. The van der Waals surface area contributed by atoms with Gasteiger partial charge in [-0.25, -0.2) is 8.42 Å². The van der Waals surface area contributed by atoms with Crippen LogP contribution in [-0.4, -0.2) is 68.2 Å². The summed E-state index contributed by atoms with van der Waals surface area (Å²) in [6.07, 6.45) is 7.21. The molecule has 0 spiro atoms. The molecule has 0 atom stereocenters. The monoisotopic (exact) mass is 478 g/mol. The van der Waals surface area contributed by atoms with Crippen LogP contribution in [-0.2, 0) is 19.6 Å². The van der Waals surface area contributed by atoms with Gasteiger partial charge >= 0.3 is 0 Å². The zero-order chi connectivity index (χ0) is 23.8. The van der Waals surface area contributed by atoms with Crippen LogP contribution in [0.2, 0.25) is 0 Å². The second kappa shape index (κ2) is 11.9. The molecular weight excluding hydrogens is 440 g/mol. The number of carbonyl (C=O) groups excluding carboxylic acids is 2. The highest BCUT2D eigenvalue weighted by Gasteiger charge is 2.27. The van der Waals surface area contributed by atoms with Gasteiger partial charge < -0.3 is 10.6 Å². The van der Waals surface area contributed by atoms with Crippen molar-refractivity contribution in [2.75, 3.05) is 38.0 Å². The molecule has 184 valence electrons. The Bertz CT molecular complexity index is 903. The van der Waals surface area contributed by atoms with Crippen molar-refractivity contribution in [2.45, 2.75) is 69.7 Å². The van der Waals surface area contributed by atoms with Gasteiger partial charge in [0.1, 0.15) is 0 Å². The maximum atomic E-state index is 12.7. The van der Waals surface area contributed by atoms with Crippen LogP contribution in [0.15, 0.2) is 29.2 Å². The van der Waals surface area contributed by atoms with E-state index in [0.29, 0.717) is 18.8 Å². The summed E-state index contributed by atoms with van der Waals surface area (Å²) in [7, 11) is -3.57. The average molecular weight is 479 g/mol. The number of piperidine rings is 1. The number of nitrogens with one attached hydrogen (secondary N) is 2. The normalized spacial score (nSPS) is 18.9. The van der Waals surface area contributed by atoms with Crippen LogP contribution in [0.1, 0.15) is 58.8 Å². The van der Waals surface area contributed by atoms with Crippen molar-refractivity contribution in [1.82, 2.24) is 14.5 Å². The lowest BCUT2D eigenvalue weighted by molar-refractivity contribution is -0.127. The number of hydrogen-bond donors (Lipinski definition) is 2. The van der Waals surface area contributed by atoms with E-state index < -0.39 is 10.0 Å². The molecule has 0 bridgehead atoms. The Morgan fingerprint density at radius 1 is 1.03 bits per heavy atom. The standard InChI is InChI=1S/C24H38N4O4S/c1-3-28(4-2)33(31,32)22-12-8-11-21(17-22)25-23(29)18-27-15-13-20(14-16-27)26-24(30)19-9-6-5-7-10-19/h8,11-12,17,19-20H,3-7,9-10,13-16,18H2,1-2H3,(H,25,29)(H,26,30). The van der Waals surface area contributed by atoms with E-state index in [0.717, 1.165) is 51.6 Å². The topological polar surface area (TPSA) is 98.8 Å². The Kier molecular flexibility index (Phi) is 9.28. The van der Waals surface area contributed by atoms with Crippen molar-refractivity contribution < 1.29 is 18.0 Å². The van der Waals surface area contributed by atoms with E-state index in [1.54, 1.807) is 32.0 Å². The fraction of sp³-hybridized carbons (Fsp3) is 0.667. The van der Waals surface area contributed by atoms with Gasteiger partial charge in [0.05, 0.1) is 11.4 Å². The van der Waals surface area contributed by atoms with Crippen LogP contribution in [0.3, 0.4) is 0 Å². The van der Waals surface area contributed by atoms with Gasteiger partial charge in [-0.2, -0.15) is 4.31 Å². The largest absolute Gasteiger partial charge is 0.353 e. The number of amides is 2. The van der Waals surface area contributed by atoms with E-state index in [9.17, 15) is 18.0 Å². The van der Waals surface area contributed by atoms with Crippen LogP contribution < -0.4 is 10.6 Å². The number of rotatable bonds is 9. The number of sulfonamides is 1. The van der Waals surface area contributed by atoms with Crippen LogP contribution in [0.5, 0.6) is 0 Å². The SMILES string of the molecule is CCN(CC)S(=O)(=O)c1cccc(NC(=O)CN2CCC(NC(=O)C3CCCCC3)CC2)c1. The second-order valence-corrected chi connectivity index (χ2v) is 11.0. The Balaban J connectivity index is 1.46. The van der Waals surface area contributed by atoms with Crippen molar-refractivity contribution in [1.29, 1.82) is 0 Å². The predicted molar refractivity (Wildman–Crippen MR) is 129 cm³/mol. The van der Waals surface area contributed by atoms with E-state index >= 15 is 0 Å². The molecule has 33 heavy (non-hydrogen) atoms. The minimum Gasteiger partial charge on any atom is -0.353 e. The molecule has 1 saturated carbocycles. The van der Waals surface area contributed by atoms with Gasteiger partial charge in [-0.1, -0.05) is 39.2 Å². The summed E-state index contributed by atoms with van der Waals surface area (Å²) in [4.78, 5) is 27.3. The number of hydrogen-bond acceptors (Lipinski definition) is 5. The molecule has 3 rings (SSSR count). The van der Waals surface area contributed by atoms with Crippen molar-refractivity contribution in [3.05, 3.63) is 24.3 Å². The molecule has 2 amide bonds. The molecule has 2 fully saturated rings. The zero-order valence-corrected chi connectivity index (χ0v) is 20.7. The van der Waals surface area contributed by atoms with Gasteiger partial charge in [-0.05, 0) is 43.9 Å². The fourth-order valence-electron chi connectivity index (χ4n) is 4.77. The van der Waals surface area contributed by atoms with E-state index in [4.69, 9.17) is 0 Å². The highest BCUT2D eigenvalue weighted by atomic mass is 32.2. The lowest BCUT2D eigenvalue weighted by atomic mass is 9.88. The molecule has 0 radical (unpaired) electrons. The van der Waals surface area contributed by atoms with Crippen molar-refractivity contribution in [2.24, 2.45) is 5.92 Å². The highest BCUT2D eigenvalue weighted by Crippen LogP contribution is 2.24. The molecule has 0 aromatic heterocycles. The first-order chi connectivity index (χ1) is 15.8. The van der Waals surface area contributed by atoms with Crippen LogP contribution >= 0.6 is 0 Å². The Hall–Kier alpha value is -1.97. The average Bonchev–Trinajstić information content (AvgIpc) is 2.81. The van der Waals surface area contributed by atoms with Crippen LogP contribution in [0.4, 0.5) is 5.69 Å². The van der Waals surface area contributed by atoms with Gasteiger partial charge in [0, 0.05) is 43.8 Å². The number of anilines is 1. The summed E-state index contributed by atoms with van der Waals surface area (Å²) in [5.74, 6) is 0.200. The molecule has 2 aliphatic rings. The van der Waals surface area contributed by atoms with Crippen LogP contribution in [0.25, 0.3) is 0 Å². The van der Waals surface area contributed by atoms with Gasteiger partial charge in [0.25, 0.3) is 0 Å². The summed E-state index contributed by atoms with van der Waals surface area (Å²) in [6, 6.07) is 6.59. The fourth-order valence-corrected chi connectivity index (χ4v) is 6.27. The minimum atomic E-state index is -3.57. The molecule has 1 aliphatic carbocycles. The molecule has 8 nitrogen and oxygen atoms in total. The molecule has 1 aliphatic heterocycles. The Morgan fingerprint density at radius 2 is 1.70 bits per heavy atom. The van der Waals surface area contributed by atoms with Gasteiger partial charge in [-0.3, -0.25) is 14.5 Å². The second-order valence-electron chi connectivity index (χ2n) is 9.06. The lowest BCUT2D eigenvalue weighted by Gasteiger charge is -2.33. The third kappa shape index (κ3) is 7.01. The summed E-state index contributed by atoms with van der Waals surface area (Å²) >= 11 is 0. The predicted octanol–water partition coefficient (Wildman–Crippen LogP) is 2.82. The van der Waals surface area contributed by atoms with Gasteiger partial charge in [-0.15, -0.1) is 0 Å². The zero-order valence-electron chi connectivity index (χ0n) is 19.9. The summed E-state index contributed by atoms with van der Waals surface area (Å²) in [6.45, 7) is 6.14. The number of benzene rings is 1. The number of carbonyl (C=O) groups is 2. The highest BCUT2D eigenvalue weighted by molar-refractivity contribution is 7.89. The first-order valence-corrected chi connectivity index (χ1v) is 13.7. The number of nitrogens with zero attached hydrogens (tertiary/aromatic N) is 2. The minimum absolute atomic E-state index is 0.169. The van der Waals surface area contributed by atoms with E-state index in [2.05, 4.69) is 15.5 Å². The first kappa shape index (κ1) is 25.6. The van der Waals surface area contributed by atoms with Gasteiger partial charge in [0.2, 0.25) is 21.8 Å². The Morgan fingerprint density at radius 3 is 2.33 bits per heavy atom. The van der Waals surface area contributed by atoms with E-state index in [1.165, 1.54) is 16.8 Å². The smallest absolute Gasteiger partial charge is 0.243 e. The first-order valence-electron chi connectivity index (χ1n) is 12.3. The lowest BCUT2D eigenvalue weighted by Crippen LogP contribution is -2.48. The van der Waals surface area contributed by atoms with Crippen LogP contribution in [0, 0.1) is 5.92 Å². The Labute approximate surface area is 198 Å². The summed E-state index contributed by atoms with van der Waals surface area (Å²) in [5.41, 5.74) is 0.475.